The highest BCUT2D eigenvalue weighted by molar-refractivity contribution is 5.19. The SMILES string of the molecule is CCc1cccnc1CN1CCC(NC)C(C)C1C. The normalized spacial score (nSPS) is 28.5. The van der Waals surface area contributed by atoms with Gasteiger partial charge in [-0.15, -0.1) is 0 Å². The molecule has 19 heavy (non-hydrogen) atoms. The van der Waals surface area contributed by atoms with Crippen LogP contribution in [0.5, 0.6) is 0 Å². The van der Waals surface area contributed by atoms with Gasteiger partial charge in [0, 0.05) is 31.4 Å². The molecule has 1 aromatic rings. The molecule has 0 radical (unpaired) electrons. The number of aryl methyl sites for hydroxylation is 1. The van der Waals surface area contributed by atoms with Crippen LogP contribution in [0.1, 0.15) is 38.4 Å². The minimum Gasteiger partial charge on any atom is -0.317 e. The quantitative estimate of drug-likeness (QED) is 0.902. The van der Waals surface area contributed by atoms with Gasteiger partial charge in [-0.3, -0.25) is 9.88 Å². The van der Waals surface area contributed by atoms with E-state index in [9.17, 15) is 0 Å². The molecule has 3 atom stereocenters. The molecule has 1 fully saturated rings. The summed E-state index contributed by atoms with van der Waals surface area (Å²) in [7, 11) is 2.08. The van der Waals surface area contributed by atoms with Crippen LogP contribution >= 0.6 is 0 Å². The molecule has 2 heterocycles. The third-order valence-corrected chi connectivity index (χ3v) is 4.79. The summed E-state index contributed by atoms with van der Waals surface area (Å²) in [5, 5.41) is 3.45. The molecule has 2 rings (SSSR count). The van der Waals surface area contributed by atoms with Crippen molar-refractivity contribution in [2.45, 2.75) is 52.2 Å². The van der Waals surface area contributed by atoms with Gasteiger partial charge in [-0.05, 0) is 44.4 Å². The van der Waals surface area contributed by atoms with Crippen molar-refractivity contribution < 1.29 is 0 Å². The highest BCUT2D eigenvalue weighted by atomic mass is 15.2. The van der Waals surface area contributed by atoms with E-state index in [-0.39, 0.29) is 0 Å². The number of nitrogens with one attached hydrogen (secondary N) is 1. The highest BCUT2D eigenvalue weighted by Crippen LogP contribution is 2.25. The van der Waals surface area contributed by atoms with E-state index in [1.165, 1.54) is 17.7 Å². The molecule has 1 saturated heterocycles. The predicted molar refractivity (Wildman–Crippen MR) is 80.1 cm³/mol. The first-order chi connectivity index (χ1) is 9.17. The Kier molecular flexibility index (Phi) is 4.94. The number of nitrogens with zero attached hydrogens (tertiary/aromatic N) is 2. The summed E-state index contributed by atoms with van der Waals surface area (Å²) in [5.41, 5.74) is 2.64. The molecule has 106 valence electrons. The van der Waals surface area contributed by atoms with E-state index in [2.05, 4.69) is 49.1 Å². The van der Waals surface area contributed by atoms with Crippen molar-refractivity contribution in [2.75, 3.05) is 13.6 Å². The Morgan fingerprint density at radius 1 is 1.42 bits per heavy atom. The molecule has 0 saturated carbocycles. The molecular formula is C16H27N3. The van der Waals surface area contributed by atoms with Crippen molar-refractivity contribution in [1.29, 1.82) is 0 Å². The number of rotatable bonds is 4. The number of piperidine rings is 1. The molecular weight excluding hydrogens is 234 g/mol. The van der Waals surface area contributed by atoms with Crippen LogP contribution in [-0.2, 0) is 13.0 Å². The van der Waals surface area contributed by atoms with Crippen molar-refractivity contribution >= 4 is 0 Å². The highest BCUT2D eigenvalue weighted by Gasteiger charge is 2.31. The maximum atomic E-state index is 4.58. The Bertz CT molecular complexity index is 405. The van der Waals surface area contributed by atoms with E-state index in [1.54, 1.807) is 0 Å². The molecule has 0 bridgehead atoms. The van der Waals surface area contributed by atoms with Crippen LogP contribution in [0.2, 0.25) is 0 Å². The van der Waals surface area contributed by atoms with Crippen LogP contribution in [0.3, 0.4) is 0 Å². The zero-order valence-electron chi connectivity index (χ0n) is 12.7. The van der Waals surface area contributed by atoms with Gasteiger partial charge in [0.25, 0.3) is 0 Å². The second-order valence-electron chi connectivity index (χ2n) is 5.72. The van der Waals surface area contributed by atoms with Crippen LogP contribution in [0, 0.1) is 5.92 Å². The zero-order chi connectivity index (χ0) is 13.8. The van der Waals surface area contributed by atoms with Crippen molar-refractivity contribution in [2.24, 2.45) is 5.92 Å². The van der Waals surface area contributed by atoms with Gasteiger partial charge in [0.2, 0.25) is 0 Å². The monoisotopic (exact) mass is 261 g/mol. The van der Waals surface area contributed by atoms with E-state index >= 15 is 0 Å². The average molecular weight is 261 g/mol. The Hall–Kier alpha value is -0.930. The molecule has 1 N–H and O–H groups in total. The average Bonchev–Trinajstić information content (AvgIpc) is 2.45. The summed E-state index contributed by atoms with van der Waals surface area (Å²) in [5.74, 6) is 0.688. The van der Waals surface area contributed by atoms with Gasteiger partial charge in [-0.25, -0.2) is 0 Å². The topological polar surface area (TPSA) is 28.2 Å². The van der Waals surface area contributed by atoms with Crippen molar-refractivity contribution in [3.8, 4) is 0 Å². The number of hydrogen-bond donors (Lipinski definition) is 1. The maximum Gasteiger partial charge on any atom is 0.0575 e. The van der Waals surface area contributed by atoms with E-state index in [0.717, 1.165) is 19.5 Å². The fourth-order valence-electron chi connectivity index (χ4n) is 3.20. The lowest BCUT2D eigenvalue weighted by molar-refractivity contribution is 0.0797. The molecule has 0 aromatic carbocycles. The van der Waals surface area contributed by atoms with E-state index in [0.29, 0.717) is 18.0 Å². The van der Waals surface area contributed by atoms with Crippen LogP contribution in [-0.4, -0.2) is 35.6 Å². The number of aromatic nitrogens is 1. The zero-order valence-corrected chi connectivity index (χ0v) is 12.7. The number of likely N-dealkylation sites (tertiary alicyclic amines) is 1. The first kappa shape index (κ1) is 14.5. The second kappa shape index (κ2) is 6.49. The fourth-order valence-corrected chi connectivity index (χ4v) is 3.20. The first-order valence-electron chi connectivity index (χ1n) is 7.51. The smallest absolute Gasteiger partial charge is 0.0575 e. The minimum atomic E-state index is 0.609. The standard InChI is InChI=1S/C16H27N3/c1-5-14-7-6-9-18-16(14)11-19-10-8-15(17-4)12(2)13(19)3/h6-7,9,12-13,15,17H,5,8,10-11H2,1-4H3. The van der Waals surface area contributed by atoms with Crippen LogP contribution in [0.15, 0.2) is 18.3 Å². The summed E-state index contributed by atoms with van der Waals surface area (Å²) in [6.45, 7) is 9.07. The maximum absolute atomic E-state index is 4.58. The lowest BCUT2D eigenvalue weighted by atomic mass is 9.87. The van der Waals surface area contributed by atoms with E-state index in [1.807, 2.05) is 12.3 Å². The lowest BCUT2D eigenvalue weighted by Crippen LogP contribution is -2.52. The second-order valence-corrected chi connectivity index (χ2v) is 5.72. The van der Waals surface area contributed by atoms with Gasteiger partial charge < -0.3 is 5.32 Å². The Balaban J connectivity index is 2.07. The van der Waals surface area contributed by atoms with Gasteiger partial charge in [0.1, 0.15) is 0 Å². The number of hydrogen-bond acceptors (Lipinski definition) is 3. The summed E-state index contributed by atoms with van der Waals surface area (Å²) < 4.78 is 0. The van der Waals surface area contributed by atoms with Crippen LogP contribution in [0.4, 0.5) is 0 Å². The Morgan fingerprint density at radius 2 is 2.21 bits per heavy atom. The first-order valence-corrected chi connectivity index (χ1v) is 7.51. The third-order valence-electron chi connectivity index (χ3n) is 4.79. The largest absolute Gasteiger partial charge is 0.317 e. The summed E-state index contributed by atoms with van der Waals surface area (Å²) >= 11 is 0. The van der Waals surface area contributed by atoms with Gasteiger partial charge in [0.15, 0.2) is 0 Å². The summed E-state index contributed by atoms with van der Waals surface area (Å²) in [4.78, 5) is 7.17. The van der Waals surface area contributed by atoms with Gasteiger partial charge in [-0.1, -0.05) is 19.9 Å². The van der Waals surface area contributed by atoms with Crippen molar-refractivity contribution in [3.05, 3.63) is 29.6 Å². The molecule has 1 aliphatic heterocycles. The van der Waals surface area contributed by atoms with Gasteiger partial charge in [-0.2, -0.15) is 0 Å². The Morgan fingerprint density at radius 3 is 2.89 bits per heavy atom. The van der Waals surface area contributed by atoms with Crippen LogP contribution < -0.4 is 5.32 Å². The molecule has 1 aromatic heterocycles. The van der Waals surface area contributed by atoms with Crippen LogP contribution in [0.25, 0.3) is 0 Å². The summed E-state index contributed by atoms with van der Waals surface area (Å²) in [6, 6.07) is 5.51. The fraction of sp³-hybridized carbons (Fsp3) is 0.688. The lowest BCUT2D eigenvalue weighted by Gasteiger charge is -2.42. The third kappa shape index (κ3) is 3.15. The minimum absolute atomic E-state index is 0.609. The van der Waals surface area contributed by atoms with E-state index in [4.69, 9.17) is 0 Å². The van der Waals surface area contributed by atoms with Crippen molar-refractivity contribution in [3.63, 3.8) is 0 Å². The molecule has 0 spiro atoms. The molecule has 0 amide bonds. The molecule has 3 heteroatoms. The molecule has 0 aliphatic carbocycles. The predicted octanol–water partition coefficient (Wildman–Crippen LogP) is 2.46. The molecule has 3 nitrogen and oxygen atoms in total. The van der Waals surface area contributed by atoms with Gasteiger partial charge in [0.05, 0.1) is 5.69 Å². The molecule has 1 aliphatic rings. The van der Waals surface area contributed by atoms with E-state index < -0.39 is 0 Å². The van der Waals surface area contributed by atoms with Gasteiger partial charge >= 0.3 is 0 Å². The number of pyridine rings is 1. The Labute approximate surface area is 117 Å². The molecule has 3 unspecified atom stereocenters. The van der Waals surface area contributed by atoms with Crippen molar-refractivity contribution in [1.82, 2.24) is 15.2 Å². The summed E-state index contributed by atoms with van der Waals surface area (Å²) in [6.07, 6.45) is 4.22.